The average Bonchev–Trinajstić information content (AvgIpc) is 2.75. The third-order valence-electron chi connectivity index (χ3n) is 4.54. The molecule has 3 rings (SSSR count). The summed E-state index contributed by atoms with van der Waals surface area (Å²) in [5.41, 5.74) is 8.61. The molecule has 4 nitrogen and oxygen atoms in total. The van der Waals surface area contributed by atoms with Crippen molar-refractivity contribution in [3.63, 3.8) is 0 Å². The number of ether oxygens (including phenoxy) is 1. The lowest BCUT2D eigenvalue weighted by Crippen LogP contribution is -2.44. The van der Waals surface area contributed by atoms with Gasteiger partial charge in [-0.1, -0.05) is 19.3 Å². The van der Waals surface area contributed by atoms with E-state index in [9.17, 15) is 0 Å². The van der Waals surface area contributed by atoms with Gasteiger partial charge >= 0.3 is 0 Å². The van der Waals surface area contributed by atoms with Gasteiger partial charge in [0, 0.05) is 25.1 Å². The Morgan fingerprint density at radius 1 is 1.30 bits per heavy atom. The lowest BCUT2D eigenvalue weighted by molar-refractivity contribution is 0.288. The summed E-state index contributed by atoms with van der Waals surface area (Å²) in [6, 6.07) is 6.03. The van der Waals surface area contributed by atoms with E-state index in [0.29, 0.717) is 0 Å². The van der Waals surface area contributed by atoms with Gasteiger partial charge in [-0.05, 0) is 25.0 Å². The number of nitrogens with zero attached hydrogens (tertiary/aromatic N) is 2. The Bertz CT molecular complexity index is 611. The molecular weight excluding hydrogens is 250 g/mol. The summed E-state index contributed by atoms with van der Waals surface area (Å²) in [6.45, 7) is 0. The van der Waals surface area contributed by atoms with Crippen LogP contribution in [0.2, 0.25) is 0 Å². The number of fused-ring (bicyclic) bond motifs is 1. The number of methoxy groups -OCH3 is 1. The Kier molecular flexibility index (Phi) is 3.42. The van der Waals surface area contributed by atoms with Crippen molar-refractivity contribution < 1.29 is 4.74 Å². The highest BCUT2D eigenvalue weighted by Crippen LogP contribution is 2.30. The smallest absolute Gasteiger partial charge is 0.121 e. The summed E-state index contributed by atoms with van der Waals surface area (Å²) in [7, 11) is 3.76. The topological polar surface area (TPSA) is 53.1 Å². The molecule has 0 unspecified atom stereocenters. The van der Waals surface area contributed by atoms with Crippen LogP contribution in [0.4, 0.5) is 0 Å². The second kappa shape index (κ2) is 5.09. The van der Waals surface area contributed by atoms with Crippen molar-refractivity contribution in [1.82, 2.24) is 9.55 Å². The number of hydrogen-bond donors (Lipinski definition) is 1. The van der Waals surface area contributed by atoms with Crippen LogP contribution in [0.1, 0.15) is 37.9 Å². The van der Waals surface area contributed by atoms with Gasteiger partial charge in [-0.15, -0.1) is 0 Å². The minimum atomic E-state index is -0.0720. The number of benzene rings is 1. The highest BCUT2D eigenvalue weighted by atomic mass is 16.5. The second-order valence-corrected chi connectivity index (χ2v) is 6.04. The lowest BCUT2D eigenvalue weighted by atomic mass is 9.80. The Hall–Kier alpha value is -1.55. The molecule has 1 aliphatic carbocycles. The van der Waals surface area contributed by atoms with E-state index in [4.69, 9.17) is 15.5 Å². The number of imidazole rings is 1. The Morgan fingerprint density at radius 3 is 2.75 bits per heavy atom. The normalized spacial score (nSPS) is 18.4. The zero-order chi connectivity index (χ0) is 14.2. The molecule has 1 aromatic carbocycles. The Labute approximate surface area is 119 Å². The maximum atomic E-state index is 6.56. The van der Waals surface area contributed by atoms with Gasteiger partial charge in [0.25, 0.3) is 0 Å². The molecule has 0 atom stereocenters. The number of rotatable bonds is 3. The number of aromatic nitrogens is 2. The first-order chi connectivity index (χ1) is 9.61. The number of nitrogens with two attached hydrogens (primary N) is 1. The Morgan fingerprint density at radius 2 is 2.05 bits per heavy atom. The van der Waals surface area contributed by atoms with E-state index in [1.807, 2.05) is 12.1 Å². The van der Waals surface area contributed by atoms with E-state index in [2.05, 4.69) is 17.7 Å². The van der Waals surface area contributed by atoms with Gasteiger partial charge < -0.3 is 15.0 Å². The van der Waals surface area contributed by atoms with Crippen molar-refractivity contribution in [2.75, 3.05) is 7.11 Å². The van der Waals surface area contributed by atoms with Crippen LogP contribution in [0.15, 0.2) is 18.2 Å². The van der Waals surface area contributed by atoms with Crippen molar-refractivity contribution in [3.8, 4) is 5.75 Å². The minimum absolute atomic E-state index is 0.0720. The fraction of sp³-hybridized carbons (Fsp3) is 0.562. The monoisotopic (exact) mass is 273 g/mol. The van der Waals surface area contributed by atoms with Gasteiger partial charge in [-0.3, -0.25) is 0 Å². The Balaban J connectivity index is 1.93. The van der Waals surface area contributed by atoms with Crippen LogP contribution in [0.5, 0.6) is 5.75 Å². The second-order valence-electron chi connectivity index (χ2n) is 6.04. The summed E-state index contributed by atoms with van der Waals surface area (Å²) in [5.74, 6) is 1.93. The molecule has 0 bridgehead atoms. The average molecular weight is 273 g/mol. The maximum absolute atomic E-state index is 6.56. The first-order valence-electron chi connectivity index (χ1n) is 7.39. The predicted molar refractivity (Wildman–Crippen MR) is 81.0 cm³/mol. The van der Waals surface area contributed by atoms with Crippen LogP contribution >= 0.6 is 0 Å². The molecule has 2 aromatic rings. The van der Waals surface area contributed by atoms with Gasteiger partial charge in [0.2, 0.25) is 0 Å². The third kappa shape index (κ3) is 2.40. The highest BCUT2D eigenvalue weighted by Gasteiger charge is 2.29. The van der Waals surface area contributed by atoms with Crippen LogP contribution in [-0.4, -0.2) is 22.2 Å². The zero-order valence-corrected chi connectivity index (χ0v) is 12.4. The molecule has 1 aliphatic rings. The summed E-state index contributed by atoms with van der Waals surface area (Å²) in [6.07, 6.45) is 6.89. The van der Waals surface area contributed by atoms with Crippen LogP contribution in [0.25, 0.3) is 11.0 Å². The molecule has 0 saturated heterocycles. The van der Waals surface area contributed by atoms with Gasteiger partial charge in [0.15, 0.2) is 0 Å². The SMILES string of the molecule is COc1ccc2c(c1)nc(CC1(N)CCCCC1)n2C. The predicted octanol–water partition coefficient (Wildman–Crippen LogP) is 2.79. The molecule has 1 aromatic heterocycles. The first-order valence-corrected chi connectivity index (χ1v) is 7.39. The molecule has 108 valence electrons. The summed E-state index contributed by atoms with van der Waals surface area (Å²) >= 11 is 0. The minimum Gasteiger partial charge on any atom is -0.497 e. The van der Waals surface area contributed by atoms with E-state index in [0.717, 1.165) is 41.9 Å². The van der Waals surface area contributed by atoms with Crippen molar-refractivity contribution in [2.45, 2.75) is 44.1 Å². The lowest BCUT2D eigenvalue weighted by Gasteiger charge is -2.33. The number of aryl methyl sites for hydroxylation is 1. The standard InChI is InChI=1S/C16H23N3O/c1-19-14-7-6-12(20-2)10-13(14)18-15(19)11-16(17)8-4-3-5-9-16/h6-7,10H,3-5,8-9,11,17H2,1-2H3. The molecular formula is C16H23N3O. The van der Waals surface area contributed by atoms with E-state index in [-0.39, 0.29) is 5.54 Å². The zero-order valence-electron chi connectivity index (χ0n) is 12.4. The highest BCUT2D eigenvalue weighted by molar-refractivity contribution is 5.77. The largest absolute Gasteiger partial charge is 0.497 e. The number of hydrogen-bond acceptors (Lipinski definition) is 3. The van der Waals surface area contributed by atoms with Crippen molar-refractivity contribution in [1.29, 1.82) is 0 Å². The molecule has 0 amide bonds. The molecule has 20 heavy (non-hydrogen) atoms. The summed E-state index contributed by atoms with van der Waals surface area (Å²) in [4.78, 5) is 4.76. The van der Waals surface area contributed by atoms with Gasteiger partial charge in [-0.2, -0.15) is 0 Å². The summed E-state index contributed by atoms with van der Waals surface area (Å²) in [5, 5.41) is 0. The van der Waals surface area contributed by atoms with Crippen LogP contribution < -0.4 is 10.5 Å². The maximum Gasteiger partial charge on any atom is 0.121 e. The van der Waals surface area contributed by atoms with E-state index in [1.54, 1.807) is 7.11 Å². The molecule has 2 N–H and O–H groups in total. The van der Waals surface area contributed by atoms with Crippen LogP contribution in [-0.2, 0) is 13.5 Å². The van der Waals surface area contributed by atoms with Crippen LogP contribution in [0.3, 0.4) is 0 Å². The van der Waals surface area contributed by atoms with E-state index in [1.165, 1.54) is 19.3 Å². The van der Waals surface area contributed by atoms with Crippen LogP contribution in [0, 0.1) is 0 Å². The molecule has 1 heterocycles. The molecule has 0 spiro atoms. The summed E-state index contributed by atoms with van der Waals surface area (Å²) < 4.78 is 7.43. The fourth-order valence-corrected chi connectivity index (χ4v) is 3.26. The quantitative estimate of drug-likeness (QED) is 0.935. The third-order valence-corrected chi connectivity index (χ3v) is 4.54. The molecule has 0 aliphatic heterocycles. The molecule has 0 radical (unpaired) electrons. The van der Waals surface area contributed by atoms with Crippen molar-refractivity contribution >= 4 is 11.0 Å². The first kappa shape index (κ1) is 13.4. The molecule has 4 heteroatoms. The molecule has 1 saturated carbocycles. The van der Waals surface area contributed by atoms with E-state index >= 15 is 0 Å². The van der Waals surface area contributed by atoms with Gasteiger partial charge in [0.05, 0.1) is 18.1 Å². The fourth-order valence-electron chi connectivity index (χ4n) is 3.26. The van der Waals surface area contributed by atoms with E-state index < -0.39 is 0 Å². The van der Waals surface area contributed by atoms with Gasteiger partial charge in [-0.25, -0.2) is 4.98 Å². The van der Waals surface area contributed by atoms with Crippen molar-refractivity contribution in [2.24, 2.45) is 12.8 Å². The van der Waals surface area contributed by atoms with Gasteiger partial charge in [0.1, 0.15) is 11.6 Å². The molecule has 1 fully saturated rings. The van der Waals surface area contributed by atoms with Crippen molar-refractivity contribution in [3.05, 3.63) is 24.0 Å².